The lowest BCUT2D eigenvalue weighted by atomic mass is 10.1. The number of aryl methyl sites for hydroxylation is 1. The van der Waals surface area contributed by atoms with Gasteiger partial charge in [-0.25, -0.2) is 0 Å². The molecule has 0 saturated carbocycles. The van der Waals surface area contributed by atoms with Gasteiger partial charge in [-0.15, -0.1) is 0 Å². The van der Waals surface area contributed by atoms with Crippen molar-refractivity contribution >= 4 is 0 Å². The molecule has 0 aliphatic rings. The average molecular weight is 314 g/mol. The Labute approximate surface area is 147 Å². The molecule has 0 heterocycles. The van der Waals surface area contributed by atoms with Gasteiger partial charge in [0.25, 0.3) is 0 Å². The van der Waals surface area contributed by atoms with Crippen molar-refractivity contribution < 1.29 is 0 Å². The van der Waals surface area contributed by atoms with Crippen LogP contribution in [0.25, 0.3) is 0 Å². The highest BCUT2D eigenvalue weighted by Crippen LogP contribution is 2.08. The predicted molar refractivity (Wildman–Crippen MR) is 104 cm³/mol. The van der Waals surface area contributed by atoms with Gasteiger partial charge in [0, 0.05) is 23.1 Å². The molecule has 2 aromatic carbocycles. The SMILES string of the molecule is CCCCC#Cc1ccc(C#Cc2ccc(CCCC)cc2)cc1. The molecule has 0 nitrogen and oxygen atoms in total. The Kier molecular flexibility index (Phi) is 7.73. The Morgan fingerprint density at radius 3 is 1.67 bits per heavy atom. The standard InChI is InChI=1S/C24H26/c1-3-5-7-8-10-22-13-17-24(18-14-22)20-19-23-15-11-21(12-16-23)9-6-4-2/h11-18H,3-7,9H2,1-2H3. The molecule has 0 amide bonds. The normalized spacial score (nSPS) is 9.58. The van der Waals surface area contributed by atoms with Crippen molar-refractivity contribution in [3.05, 3.63) is 70.8 Å². The van der Waals surface area contributed by atoms with E-state index in [-0.39, 0.29) is 0 Å². The second-order valence-corrected chi connectivity index (χ2v) is 6.03. The van der Waals surface area contributed by atoms with Gasteiger partial charge in [0.05, 0.1) is 0 Å². The minimum Gasteiger partial charge on any atom is -0.0979 e. The highest BCUT2D eigenvalue weighted by molar-refractivity contribution is 5.46. The highest BCUT2D eigenvalue weighted by atomic mass is 14.0. The first-order valence-corrected chi connectivity index (χ1v) is 9.01. The van der Waals surface area contributed by atoms with Gasteiger partial charge in [-0.3, -0.25) is 0 Å². The van der Waals surface area contributed by atoms with Gasteiger partial charge in [-0.1, -0.05) is 62.5 Å². The quantitative estimate of drug-likeness (QED) is 0.471. The molecule has 122 valence electrons. The largest absolute Gasteiger partial charge is 0.0979 e. The molecular formula is C24H26. The van der Waals surface area contributed by atoms with E-state index in [4.69, 9.17) is 0 Å². The van der Waals surface area contributed by atoms with E-state index in [9.17, 15) is 0 Å². The van der Waals surface area contributed by atoms with Crippen molar-refractivity contribution in [1.29, 1.82) is 0 Å². The number of unbranched alkanes of at least 4 members (excludes halogenated alkanes) is 3. The lowest BCUT2D eigenvalue weighted by Crippen LogP contribution is -1.84. The van der Waals surface area contributed by atoms with Gasteiger partial charge >= 0.3 is 0 Å². The van der Waals surface area contributed by atoms with Crippen LogP contribution >= 0.6 is 0 Å². The molecule has 2 rings (SSSR count). The van der Waals surface area contributed by atoms with Crippen molar-refractivity contribution in [2.45, 2.75) is 52.4 Å². The third kappa shape index (κ3) is 6.36. The van der Waals surface area contributed by atoms with Crippen molar-refractivity contribution in [2.75, 3.05) is 0 Å². The van der Waals surface area contributed by atoms with E-state index in [0.29, 0.717) is 0 Å². The number of hydrogen-bond donors (Lipinski definition) is 0. The zero-order valence-electron chi connectivity index (χ0n) is 14.9. The maximum absolute atomic E-state index is 3.24. The maximum Gasteiger partial charge on any atom is 0.0249 e. The van der Waals surface area contributed by atoms with Crippen LogP contribution in [0.4, 0.5) is 0 Å². The summed E-state index contributed by atoms with van der Waals surface area (Å²) in [6, 6.07) is 16.8. The van der Waals surface area contributed by atoms with Gasteiger partial charge in [0.15, 0.2) is 0 Å². The summed E-state index contributed by atoms with van der Waals surface area (Å²) in [6.45, 7) is 4.41. The summed E-state index contributed by atoms with van der Waals surface area (Å²) < 4.78 is 0. The predicted octanol–water partition coefficient (Wildman–Crippen LogP) is 5.97. The first kappa shape index (κ1) is 17.9. The summed E-state index contributed by atoms with van der Waals surface area (Å²) in [5, 5.41) is 0. The zero-order chi connectivity index (χ0) is 17.0. The molecule has 0 saturated heterocycles. The fraction of sp³-hybridized carbons (Fsp3) is 0.333. The number of rotatable bonds is 5. The third-order valence-corrected chi connectivity index (χ3v) is 3.90. The molecule has 0 radical (unpaired) electrons. The molecular weight excluding hydrogens is 288 g/mol. The molecule has 0 spiro atoms. The van der Waals surface area contributed by atoms with Gasteiger partial charge < -0.3 is 0 Å². The van der Waals surface area contributed by atoms with Crippen LogP contribution in [0.1, 0.15) is 68.2 Å². The molecule has 0 aromatic heterocycles. The van der Waals surface area contributed by atoms with Crippen LogP contribution in [-0.2, 0) is 6.42 Å². The molecule has 0 aliphatic carbocycles. The second kappa shape index (κ2) is 10.4. The Bertz CT molecular complexity index is 725. The Morgan fingerprint density at radius 2 is 1.12 bits per heavy atom. The van der Waals surface area contributed by atoms with Gasteiger partial charge in [-0.2, -0.15) is 0 Å². The summed E-state index contributed by atoms with van der Waals surface area (Å²) in [7, 11) is 0. The molecule has 24 heavy (non-hydrogen) atoms. The molecule has 0 heteroatoms. The van der Waals surface area contributed by atoms with Crippen LogP contribution in [0.15, 0.2) is 48.5 Å². The van der Waals surface area contributed by atoms with Crippen molar-refractivity contribution in [3.63, 3.8) is 0 Å². The van der Waals surface area contributed by atoms with Crippen LogP contribution in [0.2, 0.25) is 0 Å². The van der Waals surface area contributed by atoms with Crippen LogP contribution in [0.3, 0.4) is 0 Å². The minimum atomic E-state index is 0.978. The summed E-state index contributed by atoms with van der Waals surface area (Å²) in [5.74, 6) is 12.9. The number of benzene rings is 2. The lowest BCUT2D eigenvalue weighted by molar-refractivity contribution is 0.795. The van der Waals surface area contributed by atoms with E-state index in [0.717, 1.165) is 29.5 Å². The highest BCUT2D eigenvalue weighted by Gasteiger charge is 1.93. The second-order valence-electron chi connectivity index (χ2n) is 6.03. The summed E-state index contributed by atoms with van der Waals surface area (Å²) in [4.78, 5) is 0. The molecule has 0 bridgehead atoms. The first-order chi connectivity index (χ1) is 11.8. The molecule has 0 fully saturated rings. The van der Waals surface area contributed by atoms with E-state index < -0.39 is 0 Å². The fourth-order valence-corrected chi connectivity index (χ4v) is 2.35. The van der Waals surface area contributed by atoms with Gasteiger partial charge in [0.2, 0.25) is 0 Å². The summed E-state index contributed by atoms with van der Waals surface area (Å²) >= 11 is 0. The molecule has 0 N–H and O–H groups in total. The molecule has 0 atom stereocenters. The number of hydrogen-bond acceptors (Lipinski definition) is 0. The van der Waals surface area contributed by atoms with Crippen LogP contribution < -0.4 is 0 Å². The molecule has 0 unspecified atom stereocenters. The van der Waals surface area contributed by atoms with Crippen molar-refractivity contribution in [3.8, 4) is 23.7 Å². The molecule has 2 aromatic rings. The Balaban J connectivity index is 1.96. The smallest absolute Gasteiger partial charge is 0.0249 e. The van der Waals surface area contributed by atoms with Gasteiger partial charge in [-0.05, 0) is 61.2 Å². The lowest BCUT2D eigenvalue weighted by Gasteiger charge is -1.99. The Hall–Kier alpha value is -2.44. The minimum absolute atomic E-state index is 0.978. The summed E-state index contributed by atoms with van der Waals surface area (Å²) in [6.07, 6.45) is 6.99. The van der Waals surface area contributed by atoms with E-state index in [2.05, 4.69) is 73.9 Å². The van der Waals surface area contributed by atoms with E-state index in [1.165, 1.54) is 31.2 Å². The van der Waals surface area contributed by atoms with Crippen LogP contribution in [-0.4, -0.2) is 0 Å². The average Bonchev–Trinajstić information content (AvgIpc) is 2.64. The summed E-state index contributed by atoms with van der Waals surface area (Å²) in [5.41, 5.74) is 4.56. The van der Waals surface area contributed by atoms with Crippen molar-refractivity contribution in [1.82, 2.24) is 0 Å². The van der Waals surface area contributed by atoms with Crippen LogP contribution in [0.5, 0.6) is 0 Å². The Morgan fingerprint density at radius 1 is 0.625 bits per heavy atom. The van der Waals surface area contributed by atoms with E-state index >= 15 is 0 Å². The van der Waals surface area contributed by atoms with E-state index in [1.807, 2.05) is 12.1 Å². The monoisotopic (exact) mass is 314 g/mol. The molecule has 0 aliphatic heterocycles. The van der Waals surface area contributed by atoms with Crippen LogP contribution in [0, 0.1) is 23.7 Å². The third-order valence-electron chi connectivity index (χ3n) is 3.90. The zero-order valence-corrected chi connectivity index (χ0v) is 14.9. The maximum atomic E-state index is 3.24. The van der Waals surface area contributed by atoms with Crippen molar-refractivity contribution in [2.24, 2.45) is 0 Å². The topological polar surface area (TPSA) is 0 Å². The fourth-order valence-electron chi connectivity index (χ4n) is 2.35. The van der Waals surface area contributed by atoms with E-state index in [1.54, 1.807) is 0 Å². The first-order valence-electron chi connectivity index (χ1n) is 9.01. The van der Waals surface area contributed by atoms with Gasteiger partial charge in [0.1, 0.15) is 0 Å².